The molecule has 1 saturated heterocycles. The number of carbonyl (C=O) groups is 1. The predicted molar refractivity (Wildman–Crippen MR) is 173 cm³/mol. The lowest BCUT2D eigenvalue weighted by molar-refractivity contribution is -0.123. The molecule has 1 aliphatic rings. The number of aliphatic hydroxyl groups excluding tert-OH is 1. The number of nitrogens with one attached hydrogen (secondary N) is 1. The number of carbonyl (C=O) groups excluding carboxylic acids is 1. The highest BCUT2D eigenvalue weighted by atomic mass is 19.4. The second kappa shape index (κ2) is 20.2. The summed E-state index contributed by atoms with van der Waals surface area (Å²) in [4.78, 5) is 20.5. The van der Waals surface area contributed by atoms with E-state index in [1.807, 2.05) is 26.8 Å². The Morgan fingerprint density at radius 2 is 1.93 bits per heavy atom. The number of β-amino-alcohol motifs (C(OH)–C–C–N with tert-alkyl or cyclic N) is 1. The number of amides is 1. The number of methoxy groups -OCH3 is 1. The highest BCUT2D eigenvalue weighted by Crippen LogP contribution is 2.36. The maximum Gasteiger partial charge on any atom is 0.393 e. The summed E-state index contributed by atoms with van der Waals surface area (Å²) in [6.45, 7) is 13.3. The minimum Gasteiger partial charge on any atom is -0.480 e. The molecule has 14 heteroatoms. The van der Waals surface area contributed by atoms with E-state index in [1.54, 1.807) is 37.0 Å². The van der Waals surface area contributed by atoms with Gasteiger partial charge in [0.05, 0.1) is 33.1 Å². The fourth-order valence-electron chi connectivity index (χ4n) is 4.92. The third-order valence-electron chi connectivity index (χ3n) is 6.98. The van der Waals surface area contributed by atoms with Crippen LogP contribution in [0, 0.1) is 6.92 Å². The standard InChI is InChI=1S/C28H39F3N6O3.C2H6.CH3NO/c1-19(17-33-26(40-32-3)15-21-18-36(4)35-27(21)39-5)24(16-28(29,30)31)23-7-6-8-25(20(23)2)34-22-9-11-37(12-10-22)13-14-38;1-2;2-1-3/h6-8,18,22,34,38H,3,9-17H2,1-2,4-5H3;1-2H3;1H,(H2,2,3)/b24-19+,33-26?;;. The van der Waals surface area contributed by atoms with E-state index in [-0.39, 0.29) is 43.5 Å². The van der Waals surface area contributed by atoms with E-state index in [0.29, 0.717) is 29.1 Å². The van der Waals surface area contributed by atoms with Crippen LogP contribution in [-0.2, 0) is 23.1 Å². The van der Waals surface area contributed by atoms with Gasteiger partial charge in [0, 0.05) is 56.9 Å². The lowest BCUT2D eigenvalue weighted by Gasteiger charge is -2.33. The number of alkyl halides is 3. The molecule has 0 saturated carbocycles. The van der Waals surface area contributed by atoms with Gasteiger partial charge in [0.25, 0.3) is 0 Å². The number of nitrogens with two attached hydrogens (primary N) is 1. The first-order valence-electron chi connectivity index (χ1n) is 14.8. The molecular weight excluding hydrogens is 591 g/mol. The minimum atomic E-state index is -4.40. The number of anilines is 1. The number of aryl methyl sites for hydroxylation is 1. The van der Waals surface area contributed by atoms with E-state index in [1.165, 1.54) is 7.11 Å². The van der Waals surface area contributed by atoms with Gasteiger partial charge >= 0.3 is 6.18 Å². The summed E-state index contributed by atoms with van der Waals surface area (Å²) in [5.41, 5.74) is 7.62. The highest BCUT2D eigenvalue weighted by Gasteiger charge is 2.31. The number of ether oxygens (including phenoxy) is 1. The van der Waals surface area contributed by atoms with Gasteiger partial charge in [-0.15, -0.1) is 5.10 Å². The summed E-state index contributed by atoms with van der Waals surface area (Å²) in [6, 6.07) is 5.62. The quantitative estimate of drug-likeness (QED) is 0.132. The molecule has 0 spiro atoms. The number of aliphatic hydroxyl groups is 1. The van der Waals surface area contributed by atoms with Crippen LogP contribution >= 0.6 is 0 Å². The number of nitrogens with zero attached hydrogens (tertiary/aromatic N) is 5. The zero-order valence-electron chi connectivity index (χ0n) is 27.2. The van der Waals surface area contributed by atoms with Crippen LogP contribution in [0.15, 0.2) is 40.1 Å². The third kappa shape index (κ3) is 13.3. The maximum atomic E-state index is 13.8. The lowest BCUT2D eigenvalue weighted by Crippen LogP contribution is -2.40. The molecule has 1 fully saturated rings. The number of piperidine rings is 1. The number of aliphatic imine (C=N–C) groups is 1. The average Bonchev–Trinajstić information content (AvgIpc) is 3.36. The summed E-state index contributed by atoms with van der Waals surface area (Å²) >= 11 is 0. The molecule has 1 amide bonds. The van der Waals surface area contributed by atoms with Gasteiger partial charge in [-0.3, -0.25) is 9.48 Å². The van der Waals surface area contributed by atoms with Crippen LogP contribution in [0.2, 0.25) is 0 Å². The van der Waals surface area contributed by atoms with Crippen molar-refractivity contribution in [3.8, 4) is 5.88 Å². The minimum absolute atomic E-state index is 0.0146. The Hall–Kier alpha value is -3.91. The first-order chi connectivity index (χ1) is 21.5. The van der Waals surface area contributed by atoms with Crippen LogP contribution < -0.4 is 15.8 Å². The van der Waals surface area contributed by atoms with E-state index < -0.39 is 12.6 Å². The Bertz CT molecular complexity index is 1250. The molecule has 0 aliphatic carbocycles. The summed E-state index contributed by atoms with van der Waals surface area (Å²) in [7, 11) is 3.24. The number of oxime groups is 1. The van der Waals surface area contributed by atoms with Gasteiger partial charge in [0.1, 0.15) is 0 Å². The Kier molecular flexibility index (Phi) is 17.5. The average molecular weight is 640 g/mol. The Labute approximate surface area is 264 Å². The molecule has 45 heavy (non-hydrogen) atoms. The second-order valence-electron chi connectivity index (χ2n) is 10.1. The molecule has 1 aliphatic heterocycles. The van der Waals surface area contributed by atoms with E-state index in [0.717, 1.165) is 37.2 Å². The topological polar surface area (TPSA) is 140 Å². The fourth-order valence-corrected chi connectivity index (χ4v) is 4.92. The molecular formula is C31H48F3N7O4. The molecule has 0 bridgehead atoms. The molecule has 252 valence electrons. The Balaban J connectivity index is 0.00000191. The van der Waals surface area contributed by atoms with Gasteiger partial charge in [0.2, 0.25) is 18.2 Å². The van der Waals surface area contributed by atoms with Crippen molar-refractivity contribution in [1.29, 1.82) is 0 Å². The second-order valence-corrected chi connectivity index (χ2v) is 10.1. The van der Waals surface area contributed by atoms with Crippen molar-refractivity contribution in [2.75, 3.05) is 45.2 Å². The molecule has 0 radical (unpaired) electrons. The molecule has 2 aromatic rings. The first-order valence-corrected chi connectivity index (χ1v) is 14.8. The van der Waals surface area contributed by atoms with Crippen molar-refractivity contribution in [3.63, 3.8) is 0 Å². The number of benzene rings is 1. The van der Waals surface area contributed by atoms with Crippen LogP contribution in [0.3, 0.4) is 0 Å². The summed E-state index contributed by atoms with van der Waals surface area (Å²) in [6.07, 6.45) is -1.51. The summed E-state index contributed by atoms with van der Waals surface area (Å²) in [5.74, 6) is 0.582. The third-order valence-corrected chi connectivity index (χ3v) is 6.98. The number of hydrogen-bond acceptors (Lipinski definition) is 9. The molecule has 2 heterocycles. The van der Waals surface area contributed by atoms with Gasteiger partial charge < -0.3 is 30.6 Å². The van der Waals surface area contributed by atoms with E-state index in [2.05, 4.69) is 37.9 Å². The molecule has 0 unspecified atom stereocenters. The van der Waals surface area contributed by atoms with Crippen LogP contribution in [0.5, 0.6) is 5.88 Å². The SMILES string of the molecule is C=NOC(Cc1cn(C)nc1OC)=NC/C(C)=C(\CC(F)(F)F)c1cccc(NC2CCN(CCO)CC2)c1C.CC.NC=O. The van der Waals surface area contributed by atoms with Crippen LogP contribution in [0.4, 0.5) is 18.9 Å². The van der Waals surface area contributed by atoms with Crippen molar-refractivity contribution < 1.29 is 32.6 Å². The van der Waals surface area contributed by atoms with Crippen molar-refractivity contribution in [2.45, 2.75) is 65.6 Å². The largest absolute Gasteiger partial charge is 0.480 e. The Morgan fingerprint density at radius 1 is 1.29 bits per heavy atom. The zero-order chi connectivity index (χ0) is 34.0. The maximum absolute atomic E-state index is 13.8. The molecule has 11 nitrogen and oxygen atoms in total. The van der Waals surface area contributed by atoms with Gasteiger partial charge in [-0.25, -0.2) is 4.99 Å². The first kappa shape index (κ1) is 39.1. The Morgan fingerprint density at radius 3 is 2.49 bits per heavy atom. The van der Waals surface area contributed by atoms with Gasteiger partial charge in [-0.2, -0.15) is 13.2 Å². The monoisotopic (exact) mass is 639 g/mol. The zero-order valence-corrected chi connectivity index (χ0v) is 27.2. The summed E-state index contributed by atoms with van der Waals surface area (Å²) < 4.78 is 48.2. The number of likely N-dealkylation sites (tertiary alicyclic amines) is 1. The van der Waals surface area contributed by atoms with Crippen LogP contribution in [0.1, 0.15) is 56.7 Å². The fraction of sp³-hybridized carbons (Fsp3) is 0.548. The number of rotatable bonds is 12. The number of hydrogen-bond donors (Lipinski definition) is 3. The van der Waals surface area contributed by atoms with Crippen molar-refractivity contribution in [1.82, 2.24) is 14.7 Å². The van der Waals surface area contributed by atoms with Gasteiger partial charge in [-0.05, 0) is 55.0 Å². The lowest BCUT2D eigenvalue weighted by atomic mass is 9.92. The van der Waals surface area contributed by atoms with Crippen LogP contribution in [0.25, 0.3) is 5.57 Å². The van der Waals surface area contributed by atoms with E-state index >= 15 is 0 Å². The molecule has 3 rings (SSSR count). The smallest absolute Gasteiger partial charge is 0.393 e. The highest BCUT2D eigenvalue weighted by molar-refractivity contribution is 5.80. The number of aromatic nitrogens is 2. The van der Waals surface area contributed by atoms with Crippen molar-refractivity contribution in [2.24, 2.45) is 22.9 Å². The van der Waals surface area contributed by atoms with Gasteiger partial charge in [0.15, 0.2) is 0 Å². The number of halogens is 3. The molecule has 1 aromatic heterocycles. The van der Waals surface area contributed by atoms with Crippen molar-refractivity contribution >= 4 is 30.3 Å². The predicted octanol–water partition coefficient (Wildman–Crippen LogP) is 4.73. The van der Waals surface area contributed by atoms with Crippen LogP contribution in [-0.4, -0.2) is 90.9 Å². The van der Waals surface area contributed by atoms with E-state index in [4.69, 9.17) is 14.4 Å². The van der Waals surface area contributed by atoms with Gasteiger partial charge in [-0.1, -0.05) is 31.1 Å². The number of allylic oxidation sites excluding steroid dienone is 1. The van der Waals surface area contributed by atoms with Crippen molar-refractivity contribution in [3.05, 3.63) is 46.7 Å². The number of primary amides is 1. The molecule has 0 atom stereocenters. The molecule has 4 N–H and O–H groups in total. The van der Waals surface area contributed by atoms with E-state index in [9.17, 15) is 18.3 Å². The normalized spacial score (nSPS) is 14.7. The molecule has 1 aromatic carbocycles. The summed E-state index contributed by atoms with van der Waals surface area (Å²) in [5, 5.41) is 20.4.